The van der Waals surface area contributed by atoms with Crippen molar-refractivity contribution in [3.63, 3.8) is 0 Å². The first-order valence-corrected chi connectivity index (χ1v) is 4.95. The van der Waals surface area contributed by atoms with Gasteiger partial charge in [-0.15, -0.1) is 0 Å². The van der Waals surface area contributed by atoms with Crippen LogP contribution in [0.2, 0.25) is 5.02 Å². The molecule has 1 rings (SSSR count). The third-order valence-corrected chi connectivity index (χ3v) is 2.31. The molecule has 0 spiro atoms. The van der Waals surface area contributed by atoms with Gasteiger partial charge in [0.15, 0.2) is 0 Å². The lowest BCUT2D eigenvalue weighted by Crippen LogP contribution is -2.08. The van der Waals surface area contributed by atoms with Gasteiger partial charge in [0.2, 0.25) is 5.88 Å². The Morgan fingerprint density at radius 3 is 2.65 bits per heavy atom. The highest BCUT2D eigenvalue weighted by molar-refractivity contribution is 6.31. The zero-order valence-corrected chi connectivity index (χ0v) is 9.92. The van der Waals surface area contributed by atoms with E-state index in [2.05, 4.69) is 9.72 Å². The van der Waals surface area contributed by atoms with Crippen molar-refractivity contribution in [1.82, 2.24) is 4.98 Å². The Kier molecular flexibility index (Phi) is 4.62. The first-order chi connectivity index (χ1) is 7.99. The van der Waals surface area contributed by atoms with Crippen molar-refractivity contribution < 1.29 is 23.0 Å². The number of carbonyl (C=O) groups is 1. The summed E-state index contributed by atoms with van der Waals surface area (Å²) in [7, 11) is 2.49. The largest absolute Gasteiger partial charge is 0.481 e. The van der Waals surface area contributed by atoms with Crippen LogP contribution in [0.1, 0.15) is 17.7 Å². The Balaban J connectivity index is 3.14. The Hall–Kier alpha value is -1.43. The van der Waals surface area contributed by atoms with Crippen LogP contribution in [-0.2, 0) is 16.0 Å². The number of carbonyl (C=O) groups excluding carboxylic acids is 1. The van der Waals surface area contributed by atoms with Crippen LogP contribution in [0.4, 0.5) is 8.78 Å². The van der Waals surface area contributed by atoms with Crippen molar-refractivity contribution in [3.05, 3.63) is 22.3 Å². The van der Waals surface area contributed by atoms with Crippen molar-refractivity contribution in [2.24, 2.45) is 0 Å². The normalized spacial score (nSPS) is 10.5. The number of pyridine rings is 1. The van der Waals surface area contributed by atoms with E-state index in [4.69, 9.17) is 16.3 Å². The van der Waals surface area contributed by atoms with Gasteiger partial charge in [-0.05, 0) is 6.07 Å². The van der Waals surface area contributed by atoms with Crippen molar-refractivity contribution in [3.8, 4) is 5.88 Å². The fourth-order valence-corrected chi connectivity index (χ4v) is 1.46. The standard InChI is InChI=1S/C10H10ClF2NO3/c1-16-7(15)4-5-3-6(11)8(9(12)13)14-10(5)17-2/h3,9H,4H2,1-2H3. The molecule has 0 saturated carbocycles. The number of rotatable bonds is 4. The summed E-state index contributed by atoms with van der Waals surface area (Å²) in [6, 6.07) is 1.23. The van der Waals surface area contributed by atoms with E-state index in [0.717, 1.165) is 0 Å². The van der Waals surface area contributed by atoms with Gasteiger partial charge < -0.3 is 9.47 Å². The minimum absolute atomic E-state index is 0.0601. The summed E-state index contributed by atoms with van der Waals surface area (Å²) in [5.74, 6) is -0.596. The van der Waals surface area contributed by atoms with Gasteiger partial charge in [0.25, 0.3) is 6.43 Å². The van der Waals surface area contributed by atoms with Crippen molar-refractivity contribution in [1.29, 1.82) is 0 Å². The first-order valence-electron chi connectivity index (χ1n) is 4.57. The fourth-order valence-electron chi connectivity index (χ4n) is 1.21. The molecule has 0 aliphatic carbocycles. The molecule has 0 radical (unpaired) electrons. The van der Waals surface area contributed by atoms with E-state index in [0.29, 0.717) is 5.56 Å². The van der Waals surface area contributed by atoms with Crippen LogP contribution in [0.15, 0.2) is 6.07 Å². The Morgan fingerprint density at radius 2 is 2.18 bits per heavy atom. The smallest absolute Gasteiger partial charge is 0.310 e. The first kappa shape index (κ1) is 13.6. The molecule has 1 aromatic rings. The average molecular weight is 266 g/mol. The zero-order valence-electron chi connectivity index (χ0n) is 9.17. The van der Waals surface area contributed by atoms with E-state index >= 15 is 0 Å². The molecule has 94 valence electrons. The van der Waals surface area contributed by atoms with E-state index in [1.807, 2.05) is 0 Å². The second-order valence-electron chi connectivity index (χ2n) is 3.08. The van der Waals surface area contributed by atoms with Crippen LogP contribution < -0.4 is 4.74 Å². The minimum atomic E-state index is -2.80. The monoisotopic (exact) mass is 265 g/mol. The Bertz CT molecular complexity index is 426. The summed E-state index contributed by atoms with van der Waals surface area (Å²) < 4.78 is 34.3. The highest BCUT2D eigenvalue weighted by Crippen LogP contribution is 2.30. The molecule has 7 heteroatoms. The van der Waals surface area contributed by atoms with Crippen LogP contribution >= 0.6 is 11.6 Å². The van der Waals surface area contributed by atoms with Crippen LogP contribution in [0, 0.1) is 0 Å². The van der Waals surface area contributed by atoms with Crippen LogP contribution in [0.3, 0.4) is 0 Å². The van der Waals surface area contributed by atoms with Crippen molar-refractivity contribution in [2.45, 2.75) is 12.8 Å². The molecule has 4 nitrogen and oxygen atoms in total. The van der Waals surface area contributed by atoms with E-state index in [1.165, 1.54) is 20.3 Å². The molecule has 0 aliphatic rings. The van der Waals surface area contributed by atoms with E-state index in [1.54, 1.807) is 0 Å². The van der Waals surface area contributed by atoms with Crippen molar-refractivity contribution in [2.75, 3.05) is 14.2 Å². The molecular weight excluding hydrogens is 256 g/mol. The number of hydrogen-bond donors (Lipinski definition) is 0. The Morgan fingerprint density at radius 1 is 1.53 bits per heavy atom. The van der Waals surface area contributed by atoms with E-state index in [-0.39, 0.29) is 17.3 Å². The fraction of sp³-hybridized carbons (Fsp3) is 0.400. The molecule has 1 aromatic heterocycles. The molecule has 0 atom stereocenters. The number of methoxy groups -OCH3 is 2. The minimum Gasteiger partial charge on any atom is -0.481 e. The summed E-state index contributed by atoms with van der Waals surface area (Å²) in [5, 5.41) is -0.209. The molecule has 0 unspecified atom stereocenters. The molecule has 1 heterocycles. The molecule has 17 heavy (non-hydrogen) atoms. The molecule has 0 bridgehead atoms. The van der Waals surface area contributed by atoms with Gasteiger partial charge in [-0.1, -0.05) is 11.6 Å². The molecule has 0 fully saturated rings. The molecule has 0 aromatic carbocycles. The number of halogens is 3. The topological polar surface area (TPSA) is 48.4 Å². The average Bonchev–Trinajstić information content (AvgIpc) is 2.28. The summed E-state index contributed by atoms with van der Waals surface area (Å²) >= 11 is 5.63. The second kappa shape index (κ2) is 5.77. The Labute approximate surface area is 101 Å². The van der Waals surface area contributed by atoms with Crippen LogP contribution in [-0.4, -0.2) is 25.2 Å². The number of ether oxygens (including phenoxy) is 2. The number of hydrogen-bond acceptors (Lipinski definition) is 4. The lowest BCUT2D eigenvalue weighted by molar-refractivity contribution is -0.139. The number of alkyl halides is 2. The SMILES string of the molecule is COC(=O)Cc1cc(Cl)c(C(F)F)nc1OC. The number of nitrogens with zero attached hydrogens (tertiary/aromatic N) is 1. The summed E-state index contributed by atoms with van der Waals surface area (Å²) in [6.45, 7) is 0. The molecule has 0 saturated heterocycles. The quantitative estimate of drug-likeness (QED) is 0.785. The van der Waals surface area contributed by atoms with Gasteiger partial charge in [-0.2, -0.15) is 0 Å². The lowest BCUT2D eigenvalue weighted by Gasteiger charge is -2.10. The van der Waals surface area contributed by atoms with Gasteiger partial charge in [0.1, 0.15) is 5.69 Å². The predicted octanol–water partition coefficient (Wildman–Crippen LogP) is 2.40. The third kappa shape index (κ3) is 3.26. The van der Waals surface area contributed by atoms with Gasteiger partial charge in [-0.25, -0.2) is 13.8 Å². The highest BCUT2D eigenvalue weighted by atomic mass is 35.5. The van der Waals surface area contributed by atoms with Gasteiger partial charge in [0, 0.05) is 5.56 Å². The zero-order chi connectivity index (χ0) is 13.0. The summed E-state index contributed by atoms with van der Waals surface area (Å²) in [6.07, 6.45) is -2.95. The molecule has 0 aliphatic heterocycles. The number of esters is 1. The summed E-state index contributed by atoms with van der Waals surface area (Å²) in [5.41, 5.74) is -0.272. The lowest BCUT2D eigenvalue weighted by atomic mass is 10.2. The highest BCUT2D eigenvalue weighted by Gasteiger charge is 2.19. The van der Waals surface area contributed by atoms with Gasteiger partial charge >= 0.3 is 5.97 Å². The van der Waals surface area contributed by atoms with Gasteiger partial charge in [0.05, 0.1) is 25.7 Å². The maximum atomic E-state index is 12.5. The number of aromatic nitrogens is 1. The van der Waals surface area contributed by atoms with E-state index in [9.17, 15) is 13.6 Å². The molecular formula is C10H10ClF2NO3. The van der Waals surface area contributed by atoms with Crippen LogP contribution in [0.5, 0.6) is 5.88 Å². The molecule has 0 amide bonds. The van der Waals surface area contributed by atoms with Crippen molar-refractivity contribution >= 4 is 17.6 Å². The molecule has 0 N–H and O–H groups in total. The predicted molar refractivity (Wildman–Crippen MR) is 56.5 cm³/mol. The maximum Gasteiger partial charge on any atom is 0.310 e. The summed E-state index contributed by atoms with van der Waals surface area (Å²) in [4.78, 5) is 14.6. The van der Waals surface area contributed by atoms with Crippen LogP contribution in [0.25, 0.3) is 0 Å². The van der Waals surface area contributed by atoms with E-state index < -0.39 is 18.1 Å². The maximum absolute atomic E-state index is 12.5. The van der Waals surface area contributed by atoms with Gasteiger partial charge in [-0.3, -0.25) is 4.79 Å². The second-order valence-corrected chi connectivity index (χ2v) is 3.48. The third-order valence-electron chi connectivity index (χ3n) is 2.00.